The van der Waals surface area contributed by atoms with Gasteiger partial charge in [0.25, 0.3) is 0 Å². The summed E-state index contributed by atoms with van der Waals surface area (Å²) in [7, 11) is 2.61. The van der Waals surface area contributed by atoms with Gasteiger partial charge in [0.15, 0.2) is 0 Å². The van der Waals surface area contributed by atoms with Gasteiger partial charge in [-0.2, -0.15) is 0 Å². The van der Waals surface area contributed by atoms with Crippen LogP contribution in [0.4, 0.5) is 17.1 Å². The van der Waals surface area contributed by atoms with Crippen LogP contribution in [0.5, 0.6) is 0 Å². The molecule has 0 heterocycles. The average molecular weight is 519 g/mol. The number of benzene rings is 3. The van der Waals surface area contributed by atoms with Gasteiger partial charge in [-0.3, -0.25) is 0 Å². The lowest BCUT2D eigenvalue weighted by Crippen LogP contribution is -2.19. The molecule has 3 aromatic carbocycles. The monoisotopic (exact) mass is 517 g/mol. The summed E-state index contributed by atoms with van der Waals surface area (Å²) in [6.07, 6.45) is 0. The van der Waals surface area contributed by atoms with Crippen molar-refractivity contribution in [2.45, 2.75) is 0 Å². The fraction of sp³-hybridized carbons (Fsp3) is 0.0909. The molecule has 0 saturated heterocycles. The number of ether oxygens (including phenoxy) is 2. The van der Waals surface area contributed by atoms with Crippen LogP contribution in [0.2, 0.25) is 0 Å². The van der Waals surface area contributed by atoms with Crippen molar-refractivity contribution in [2.24, 2.45) is 0 Å². The van der Waals surface area contributed by atoms with Crippen LogP contribution >= 0.6 is 31.9 Å². The summed E-state index contributed by atoms with van der Waals surface area (Å²) in [5, 5.41) is 0. The zero-order valence-electron chi connectivity index (χ0n) is 15.7. The van der Waals surface area contributed by atoms with E-state index in [1.807, 2.05) is 53.4 Å². The van der Waals surface area contributed by atoms with Crippen LogP contribution in [0.25, 0.3) is 0 Å². The van der Waals surface area contributed by atoms with Crippen molar-refractivity contribution < 1.29 is 19.1 Å². The van der Waals surface area contributed by atoms with Crippen molar-refractivity contribution in [2.75, 3.05) is 19.1 Å². The van der Waals surface area contributed by atoms with Crippen molar-refractivity contribution in [3.8, 4) is 0 Å². The first-order chi connectivity index (χ1) is 14.0. The van der Waals surface area contributed by atoms with Gasteiger partial charge in [-0.05, 0) is 60.7 Å². The molecular weight excluding hydrogens is 502 g/mol. The highest BCUT2D eigenvalue weighted by atomic mass is 79.9. The largest absolute Gasteiger partial charge is 0.465 e. The highest BCUT2D eigenvalue weighted by molar-refractivity contribution is 9.10. The number of hydrogen-bond donors (Lipinski definition) is 0. The molecule has 0 aliphatic rings. The molecule has 0 N–H and O–H groups in total. The number of halogens is 2. The average Bonchev–Trinajstić information content (AvgIpc) is 2.75. The third-order valence-corrected chi connectivity index (χ3v) is 5.30. The van der Waals surface area contributed by atoms with Gasteiger partial charge in [0.05, 0.1) is 31.0 Å². The number of rotatable bonds is 5. The second kappa shape index (κ2) is 9.24. The maximum atomic E-state index is 12.6. The number of nitrogens with zero attached hydrogens (tertiary/aromatic N) is 1. The lowest BCUT2D eigenvalue weighted by molar-refractivity contribution is 0.0601. The van der Waals surface area contributed by atoms with E-state index in [0.29, 0.717) is 5.69 Å². The Hall–Kier alpha value is -2.64. The molecule has 3 aromatic rings. The number of para-hydroxylation sites is 1. The molecule has 0 saturated carbocycles. The molecule has 0 fully saturated rings. The van der Waals surface area contributed by atoms with Crippen molar-refractivity contribution in [3.05, 3.63) is 86.8 Å². The van der Waals surface area contributed by atoms with Gasteiger partial charge in [-0.25, -0.2) is 9.59 Å². The van der Waals surface area contributed by atoms with Gasteiger partial charge in [-0.1, -0.05) is 37.9 Å². The van der Waals surface area contributed by atoms with Gasteiger partial charge in [0.2, 0.25) is 0 Å². The second-order valence-corrected chi connectivity index (χ2v) is 7.80. The highest BCUT2D eigenvalue weighted by Crippen LogP contribution is 2.40. The van der Waals surface area contributed by atoms with Gasteiger partial charge < -0.3 is 14.4 Å². The Labute approximate surface area is 185 Å². The minimum Gasteiger partial charge on any atom is -0.465 e. The van der Waals surface area contributed by atoms with E-state index in [1.165, 1.54) is 14.2 Å². The quantitative estimate of drug-likeness (QED) is 0.373. The minimum atomic E-state index is -0.551. The summed E-state index contributed by atoms with van der Waals surface area (Å²) in [4.78, 5) is 26.9. The smallest absolute Gasteiger partial charge is 0.340 e. The van der Waals surface area contributed by atoms with E-state index < -0.39 is 11.9 Å². The van der Waals surface area contributed by atoms with Gasteiger partial charge >= 0.3 is 11.9 Å². The van der Waals surface area contributed by atoms with Crippen molar-refractivity contribution in [1.82, 2.24) is 0 Å². The Bertz CT molecular complexity index is 954. The highest BCUT2D eigenvalue weighted by Gasteiger charge is 2.26. The van der Waals surface area contributed by atoms with E-state index in [0.717, 1.165) is 20.3 Å². The molecular formula is C22H17Br2NO4. The maximum Gasteiger partial charge on any atom is 0.340 e. The fourth-order valence-corrected chi connectivity index (χ4v) is 3.45. The molecule has 0 amide bonds. The standard InChI is InChI=1S/C22H17Br2NO4/c1-28-21(26)18-4-3-5-19(22(27)29-2)20(18)25(16-10-6-14(23)7-11-16)17-12-8-15(24)9-13-17/h3-13H,1-2H3. The second-order valence-electron chi connectivity index (χ2n) is 5.97. The Morgan fingerprint density at radius 1 is 0.690 bits per heavy atom. The molecule has 0 bridgehead atoms. The van der Waals surface area contributed by atoms with Gasteiger partial charge in [-0.15, -0.1) is 0 Å². The number of esters is 2. The van der Waals surface area contributed by atoms with Crippen LogP contribution in [-0.4, -0.2) is 26.2 Å². The van der Waals surface area contributed by atoms with Crippen LogP contribution in [-0.2, 0) is 9.47 Å². The van der Waals surface area contributed by atoms with Crippen molar-refractivity contribution >= 4 is 60.9 Å². The number of anilines is 3. The zero-order valence-corrected chi connectivity index (χ0v) is 18.9. The molecule has 0 radical (unpaired) electrons. The lowest BCUT2D eigenvalue weighted by Gasteiger charge is -2.28. The van der Waals surface area contributed by atoms with Gasteiger partial charge in [0.1, 0.15) is 0 Å². The van der Waals surface area contributed by atoms with Crippen molar-refractivity contribution in [3.63, 3.8) is 0 Å². The molecule has 0 atom stereocenters. The third-order valence-electron chi connectivity index (χ3n) is 4.24. The summed E-state index contributed by atoms with van der Waals surface area (Å²) in [6.45, 7) is 0. The first kappa shape index (κ1) is 21.1. The number of carbonyl (C=O) groups excluding carboxylic acids is 2. The third kappa shape index (κ3) is 4.52. The predicted molar refractivity (Wildman–Crippen MR) is 119 cm³/mol. The first-order valence-corrected chi connectivity index (χ1v) is 10.2. The topological polar surface area (TPSA) is 55.8 Å². The van der Waals surface area contributed by atoms with Crippen LogP contribution < -0.4 is 4.90 Å². The molecule has 0 aliphatic carbocycles. The SMILES string of the molecule is COC(=O)c1cccc(C(=O)OC)c1N(c1ccc(Br)cc1)c1ccc(Br)cc1. The number of carbonyl (C=O) groups is 2. The Morgan fingerprint density at radius 2 is 1.07 bits per heavy atom. The van der Waals surface area contributed by atoms with E-state index in [2.05, 4.69) is 31.9 Å². The molecule has 0 aromatic heterocycles. The summed E-state index contributed by atoms with van der Waals surface area (Å²) in [5.41, 5.74) is 2.41. The molecule has 0 aliphatic heterocycles. The summed E-state index contributed by atoms with van der Waals surface area (Å²) in [6, 6.07) is 20.0. The van der Waals surface area contributed by atoms with E-state index in [4.69, 9.17) is 9.47 Å². The van der Waals surface area contributed by atoms with Crippen LogP contribution in [0.3, 0.4) is 0 Å². The fourth-order valence-electron chi connectivity index (χ4n) is 2.92. The number of methoxy groups -OCH3 is 2. The minimum absolute atomic E-state index is 0.251. The predicted octanol–water partition coefficient (Wildman–Crippen LogP) is 6.25. The molecule has 29 heavy (non-hydrogen) atoms. The normalized spacial score (nSPS) is 10.3. The lowest BCUT2D eigenvalue weighted by atomic mass is 10.0. The molecule has 7 heteroatoms. The Balaban J connectivity index is 2.35. The molecule has 3 rings (SSSR count). The molecule has 0 unspecified atom stereocenters. The Morgan fingerprint density at radius 3 is 1.41 bits per heavy atom. The summed E-state index contributed by atoms with van der Waals surface area (Å²) < 4.78 is 11.8. The number of hydrogen-bond acceptors (Lipinski definition) is 5. The zero-order chi connectivity index (χ0) is 21.0. The molecule has 5 nitrogen and oxygen atoms in total. The summed E-state index contributed by atoms with van der Waals surface area (Å²) in [5.74, 6) is -1.10. The summed E-state index contributed by atoms with van der Waals surface area (Å²) >= 11 is 6.88. The first-order valence-electron chi connectivity index (χ1n) is 8.57. The maximum absolute atomic E-state index is 12.6. The molecule has 0 spiro atoms. The van der Waals surface area contributed by atoms with Crippen LogP contribution in [0.15, 0.2) is 75.7 Å². The van der Waals surface area contributed by atoms with E-state index in [-0.39, 0.29) is 11.1 Å². The Kier molecular flexibility index (Phi) is 6.71. The van der Waals surface area contributed by atoms with Crippen LogP contribution in [0, 0.1) is 0 Å². The van der Waals surface area contributed by atoms with Gasteiger partial charge in [0, 0.05) is 20.3 Å². The van der Waals surface area contributed by atoms with E-state index >= 15 is 0 Å². The van der Waals surface area contributed by atoms with Crippen molar-refractivity contribution in [1.29, 1.82) is 0 Å². The van der Waals surface area contributed by atoms with Crippen LogP contribution in [0.1, 0.15) is 20.7 Å². The van der Waals surface area contributed by atoms with E-state index in [9.17, 15) is 9.59 Å². The van der Waals surface area contributed by atoms with E-state index in [1.54, 1.807) is 18.2 Å². The molecule has 148 valence electrons.